The molecular formula is C14H14BrFN4O. The number of halogens is 2. The Labute approximate surface area is 130 Å². The van der Waals surface area contributed by atoms with Gasteiger partial charge in [-0.2, -0.15) is 4.98 Å². The zero-order valence-electron chi connectivity index (χ0n) is 11.2. The molecule has 1 aliphatic rings. The molecule has 3 rings (SSSR count). The number of aromatic nitrogens is 2. The maximum Gasteiger partial charge on any atom is 0.227 e. The molecule has 0 unspecified atom stereocenters. The van der Waals surface area contributed by atoms with Crippen LogP contribution in [0.2, 0.25) is 0 Å². The summed E-state index contributed by atoms with van der Waals surface area (Å²) in [4.78, 5) is 10.3. The first-order chi connectivity index (χ1) is 10.2. The third-order valence-electron chi connectivity index (χ3n) is 3.11. The average molecular weight is 353 g/mol. The number of nitrogens with one attached hydrogen (secondary N) is 1. The average Bonchev–Trinajstić information content (AvgIpc) is 2.50. The van der Waals surface area contributed by atoms with Gasteiger partial charge in [-0.05, 0) is 18.2 Å². The lowest BCUT2D eigenvalue weighted by Gasteiger charge is -2.26. The fraction of sp³-hybridized carbons (Fsp3) is 0.286. The van der Waals surface area contributed by atoms with Gasteiger partial charge in [0.15, 0.2) is 11.6 Å². The van der Waals surface area contributed by atoms with Gasteiger partial charge in [0.25, 0.3) is 0 Å². The first-order valence-corrected chi connectivity index (χ1v) is 7.39. The van der Waals surface area contributed by atoms with E-state index in [1.54, 1.807) is 0 Å². The highest BCUT2D eigenvalue weighted by Crippen LogP contribution is 2.22. The number of nitrogens with zero attached hydrogens (tertiary/aromatic N) is 3. The number of hydrogen-bond acceptors (Lipinski definition) is 5. The van der Waals surface area contributed by atoms with E-state index in [1.807, 2.05) is 29.2 Å². The van der Waals surface area contributed by atoms with Crippen molar-refractivity contribution in [3.8, 4) is 0 Å². The molecule has 5 nitrogen and oxygen atoms in total. The van der Waals surface area contributed by atoms with Crippen molar-refractivity contribution in [2.24, 2.45) is 0 Å². The molecule has 0 saturated carbocycles. The molecule has 2 heterocycles. The summed E-state index contributed by atoms with van der Waals surface area (Å²) in [7, 11) is 0. The summed E-state index contributed by atoms with van der Waals surface area (Å²) in [5.74, 6) is 0.203. The molecule has 110 valence electrons. The van der Waals surface area contributed by atoms with Gasteiger partial charge >= 0.3 is 0 Å². The lowest BCUT2D eigenvalue weighted by atomic mass is 10.3. The molecule has 1 saturated heterocycles. The summed E-state index contributed by atoms with van der Waals surface area (Å²) in [5.41, 5.74) is 0.759. The topological polar surface area (TPSA) is 50.3 Å². The molecule has 2 aromatic rings. The molecule has 0 amide bonds. The van der Waals surface area contributed by atoms with Crippen LogP contribution in [0.3, 0.4) is 0 Å². The van der Waals surface area contributed by atoms with Crippen LogP contribution in [-0.4, -0.2) is 36.3 Å². The smallest absolute Gasteiger partial charge is 0.227 e. The van der Waals surface area contributed by atoms with Gasteiger partial charge in [0.1, 0.15) is 0 Å². The fourth-order valence-corrected chi connectivity index (χ4v) is 2.46. The van der Waals surface area contributed by atoms with Crippen molar-refractivity contribution in [3.63, 3.8) is 0 Å². The molecule has 0 aliphatic carbocycles. The van der Waals surface area contributed by atoms with Crippen molar-refractivity contribution in [1.29, 1.82) is 0 Å². The summed E-state index contributed by atoms with van der Waals surface area (Å²) >= 11 is 3.38. The Kier molecular flexibility index (Phi) is 4.31. The zero-order valence-corrected chi connectivity index (χ0v) is 12.8. The number of anilines is 3. The summed E-state index contributed by atoms with van der Waals surface area (Å²) in [5, 5.41) is 2.98. The van der Waals surface area contributed by atoms with Crippen LogP contribution in [0.1, 0.15) is 0 Å². The minimum Gasteiger partial charge on any atom is -0.378 e. The van der Waals surface area contributed by atoms with Crippen LogP contribution in [0, 0.1) is 5.82 Å². The molecule has 1 aromatic carbocycles. The van der Waals surface area contributed by atoms with Gasteiger partial charge in [0, 0.05) is 23.2 Å². The molecule has 0 spiro atoms. The van der Waals surface area contributed by atoms with Crippen molar-refractivity contribution in [3.05, 3.63) is 40.8 Å². The Balaban J connectivity index is 1.84. The Bertz CT molecular complexity index is 634. The van der Waals surface area contributed by atoms with E-state index in [9.17, 15) is 4.39 Å². The molecule has 1 aromatic heterocycles. The van der Waals surface area contributed by atoms with Crippen molar-refractivity contribution >= 4 is 33.4 Å². The van der Waals surface area contributed by atoms with Crippen LogP contribution < -0.4 is 10.2 Å². The van der Waals surface area contributed by atoms with Gasteiger partial charge in [-0.25, -0.2) is 9.37 Å². The van der Waals surface area contributed by atoms with Crippen molar-refractivity contribution < 1.29 is 9.13 Å². The Morgan fingerprint density at radius 2 is 2.10 bits per heavy atom. The van der Waals surface area contributed by atoms with E-state index in [2.05, 4.69) is 31.2 Å². The Hall–Kier alpha value is -1.73. The summed E-state index contributed by atoms with van der Waals surface area (Å²) < 4.78 is 20.1. The van der Waals surface area contributed by atoms with E-state index >= 15 is 0 Å². The first-order valence-electron chi connectivity index (χ1n) is 6.60. The SMILES string of the molecule is Fc1cnc(N2CCOCC2)nc1Nc1cccc(Br)c1. The van der Waals surface area contributed by atoms with E-state index in [0.29, 0.717) is 32.3 Å². The van der Waals surface area contributed by atoms with Crippen LogP contribution in [-0.2, 0) is 4.74 Å². The quantitative estimate of drug-likeness (QED) is 0.920. The molecule has 0 radical (unpaired) electrons. The largest absolute Gasteiger partial charge is 0.378 e. The number of benzene rings is 1. The van der Waals surface area contributed by atoms with Crippen LogP contribution >= 0.6 is 15.9 Å². The maximum absolute atomic E-state index is 13.9. The maximum atomic E-state index is 13.9. The second kappa shape index (κ2) is 6.36. The third-order valence-corrected chi connectivity index (χ3v) is 3.61. The lowest BCUT2D eigenvalue weighted by molar-refractivity contribution is 0.122. The minimum absolute atomic E-state index is 0.171. The summed E-state index contributed by atoms with van der Waals surface area (Å²) in [6.07, 6.45) is 1.19. The zero-order chi connectivity index (χ0) is 14.7. The molecule has 1 aliphatic heterocycles. The highest BCUT2D eigenvalue weighted by Gasteiger charge is 2.16. The van der Waals surface area contributed by atoms with E-state index in [-0.39, 0.29) is 5.82 Å². The van der Waals surface area contributed by atoms with E-state index in [0.717, 1.165) is 10.2 Å². The molecular weight excluding hydrogens is 339 g/mol. The monoisotopic (exact) mass is 352 g/mol. The van der Waals surface area contributed by atoms with Gasteiger partial charge in [0.2, 0.25) is 5.95 Å². The predicted octanol–water partition coefficient (Wildman–Crippen LogP) is 2.96. The van der Waals surface area contributed by atoms with Crippen molar-refractivity contribution in [1.82, 2.24) is 9.97 Å². The number of rotatable bonds is 3. The minimum atomic E-state index is -0.480. The number of hydrogen-bond donors (Lipinski definition) is 1. The van der Waals surface area contributed by atoms with Crippen LogP contribution in [0.5, 0.6) is 0 Å². The van der Waals surface area contributed by atoms with Crippen molar-refractivity contribution in [2.45, 2.75) is 0 Å². The van der Waals surface area contributed by atoms with Crippen LogP contribution in [0.25, 0.3) is 0 Å². The van der Waals surface area contributed by atoms with Gasteiger partial charge < -0.3 is 15.0 Å². The highest BCUT2D eigenvalue weighted by atomic mass is 79.9. The fourth-order valence-electron chi connectivity index (χ4n) is 2.06. The highest BCUT2D eigenvalue weighted by molar-refractivity contribution is 9.10. The van der Waals surface area contributed by atoms with Gasteiger partial charge in [-0.1, -0.05) is 22.0 Å². The molecule has 0 bridgehead atoms. The number of morpholine rings is 1. The lowest BCUT2D eigenvalue weighted by Crippen LogP contribution is -2.37. The normalized spacial score (nSPS) is 15.0. The van der Waals surface area contributed by atoms with E-state index in [4.69, 9.17) is 4.74 Å². The Morgan fingerprint density at radius 1 is 1.29 bits per heavy atom. The third kappa shape index (κ3) is 3.48. The van der Waals surface area contributed by atoms with Crippen LogP contribution in [0.4, 0.5) is 21.8 Å². The molecule has 21 heavy (non-hydrogen) atoms. The summed E-state index contributed by atoms with van der Waals surface area (Å²) in [6.45, 7) is 2.69. The van der Waals surface area contributed by atoms with Gasteiger partial charge in [-0.3, -0.25) is 0 Å². The molecule has 1 N–H and O–H groups in total. The number of ether oxygens (including phenoxy) is 1. The Morgan fingerprint density at radius 3 is 2.86 bits per heavy atom. The predicted molar refractivity (Wildman–Crippen MR) is 82.4 cm³/mol. The van der Waals surface area contributed by atoms with E-state index < -0.39 is 5.82 Å². The van der Waals surface area contributed by atoms with Gasteiger partial charge in [0.05, 0.1) is 19.4 Å². The standard InChI is InChI=1S/C14H14BrFN4O/c15-10-2-1-3-11(8-10)18-13-12(16)9-17-14(19-13)20-4-6-21-7-5-20/h1-3,8-9H,4-7H2,(H,17,18,19). The second-order valence-electron chi connectivity index (χ2n) is 4.60. The second-order valence-corrected chi connectivity index (χ2v) is 5.52. The molecule has 1 fully saturated rings. The first kappa shape index (κ1) is 14.2. The molecule has 0 atom stereocenters. The van der Waals surface area contributed by atoms with Crippen LogP contribution in [0.15, 0.2) is 34.9 Å². The van der Waals surface area contributed by atoms with E-state index in [1.165, 1.54) is 6.20 Å². The van der Waals surface area contributed by atoms with Crippen molar-refractivity contribution in [2.75, 3.05) is 36.5 Å². The molecule has 7 heteroatoms. The van der Waals surface area contributed by atoms with Gasteiger partial charge in [-0.15, -0.1) is 0 Å². The summed E-state index contributed by atoms with van der Waals surface area (Å²) in [6, 6.07) is 7.48.